The molecule has 0 saturated carbocycles. The van der Waals surface area contributed by atoms with Crippen molar-refractivity contribution >= 4 is 17.7 Å². The molecule has 0 saturated heterocycles. The number of nitrogens with one attached hydrogen (secondary N) is 1. The Bertz CT molecular complexity index is 903. The molecule has 1 aliphatic carbocycles. The number of ketones is 1. The topological polar surface area (TPSA) is 122 Å². The second-order valence-corrected chi connectivity index (χ2v) is 6.17. The Morgan fingerprint density at radius 2 is 1.63 bits per heavy atom. The van der Waals surface area contributed by atoms with Crippen LogP contribution in [-0.4, -0.2) is 30.3 Å². The fraction of sp³-hybridized carbons (Fsp3) is 0.200. The quantitative estimate of drug-likeness (QED) is 0.330. The van der Waals surface area contributed by atoms with Crippen molar-refractivity contribution in [1.29, 1.82) is 5.26 Å². The molecule has 136 valence electrons. The van der Waals surface area contributed by atoms with Gasteiger partial charge in [-0.3, -0.25) is 9.59 Å². The van der Waals surface area contributed by atoms with E-state index in [9.17, 15) is 14.4 Å². The molecule has 1 atom stereocenters. The van der Waals surface area contributed by atoms with Crippen LogP contribution in [0.5, 0.6) is 0 Å². The third-order valence-electron chi connectivity index (χ3n) is 4.51. The van der Waals surface area contributed by atoms with E-state index in [1.54, 1.807) is 6.19 Å². The van der Waals surface area contributed by atoms with Gasteiger partial charge in [0.2, 0.25) is 5.91 Å². The van der Waals surface area contributed by atoms with E-state index in [2.05, 4.69) is 5.32 Å². The van der Waals surface area contributed by atoms with Crippen LogP contribution in [-0.2, 0) is 19.1 Å². The molecule has 0 heterocycles. The maximum absolute atomic E-state index is 12.2. The Morgan fingerprint density at radius 3 is 2.15 bits per heavy atom. The van der Waals surface area contributed by atoms with Crippen LogP contribution >= 0.6 is 0 Å². The largest absolute Gasteiger partial charge is 0.459 e. The maximum Gasteiger partial charge on any atom is 0.376 e. The molecule has 27 heavy (non-hydrogen) atoms. The average Bonchev–Trinajstić information content (AvgIpc) is 2.99. The molecule has 0 spiro atoms. The van der Waals surface area contributed by atoms with E-state index in [0.717, 1.165) is 22.3 Å². The minimum absolute atomic E-state index is 0.0194. The summed E-state index contributed by atoms with van der Waals surface area (Å²) < 4.78 is 5.22. The second-order valence-electron chi connectivity index (χ2n) is 6.17. The normalized spacial score (nSPS) is 13.0. The summed E-state index contributed by atoms with van der Waals surface area (Å²) in [5, 5.41) is 10.8. The summed E-state index contributed by atoms with van der Waals surface area (Å²) >= 11 is 0. The molecule has 0 radical (unpaired) electrons. The number of nitrogens with two attached hydrogens (primary N) is 1. The molecule has 3 rings (SSSR count). The molecular weight excluding hydrogens is 346 g/mol. The van der Waals surface area contributed by atoms with Crippen molar-refractivity contribution in [2.24, 2.45) is 5.73 Å². The van der Waals surface area contributed by atoms with Crippen molar-refractivity contribution in [1.82, 2.24) is 5.32 Å². The van der Waals surface area contributed by atoms with Crippen LogP contribution in [0.2, 0.25) is 0 Å². The van der Waals surface area contributed by atoms with Gasteiger partial charge in [-0.05, 0) is 22.3 Å². The van der Waals surface area contributed by atoms with Gasteiger partial charge in [0.1, 0.15) is 12.6 Å². The van der Waals surface area contributed by atoms with Gasteiger partial charge >= 0.3 is 5.97 Å². The van der Waals surface area contributed by atoms with E-state index in [4.69, 9.17) is 15.7 Å². The van der Waals surface area contributed by atoms with Crippen molar-refractivity contribution in [3.8, 4) is 17.3 Å². The highest BCUT2D eigenvalue weighted by molar-refractivity contribution is 6.36. The van der Waals surface area contributed by atoms with Crippen LogP contribution < -0.4 is 11.1 Å². The Labute approximate surface area is 155 Å². The lowest BCUT2D eigenvalue weighted by Gasteiger charge is -2.15. The molecule has 3 N–H and O–H groups in total. The molecule has 0 fully saturated rings. The molecule has 7 nitrogen and oxygen atoms in total. The van der Waals surface area contributed by atoms with E-state index in [1.165, 1.54) is 0 Å². The first-order valence-corrected chi connectivity index (χ1v) is 8.35. The van der Waals surface area contributed by atoms with Gasteiger partial charge in [0.25, 0.3) is 5.78 Å². The van der Waals surface area contributed by atoms with Crippen LogP contribution in [0.25, 0.3) is 11.1 Å². The number of carbonyl (C=O) groups excluding carboxylic acids is 3. The summed E-state index contributed by atoms with van der Waals surface area (Å²) in [5.41, 5.74) is 9.22. The summed E-state index contributed by atoms with van der Waals surface area (Å²) in [5.74, 6) is -3.10. The summed E-state index contributed by atoms with van der Waals surface area (Å²) in [6.45, 7) is -0.0194. The summed E-state index contributed by atoms with van der Waals surface area (Å²) in [7, 11) is 0. The van der Waals surface area contributed by atoms with E-state index >= 15 is 0 Å². The standard InChI is InChI=1S/C20H17N3O4/c21-11-23-17(9-18(22)24)19(25)20(26)27-10-16-14-7-3-1-5-12(14)13-6-2-4-8-15(13)16/h1-8,16-17,23H,9-10H2,(H2,22,24)/t17-/m0/s1. The number of hydrogen-bond donors (Lipinski definition) is 2. The number of Topliss-reactive ketones (excluding diaryl/α,β-unsaturated/α-hetero) is 1. The number of ether oxygens (including phenoxy) is 1. The van der Waals surface area contributed by atoms with Gasteiger partial charge in [-0.15, -0.1) is 0 Å². The lowest BCUT2D eigenvalue weighted by Crippen LogP contribution is -2.42. The number of nitriles is 1. The van der Waals surface area contributed by atoms with Crippen LogP contribution in [0.3, 0.4) is 0 Å². The van der Waals surface area contributed by atoms with Crippen molar-refractivity contribution in [2.75, 3.05) is 6.61 Å². The number of esters is 1. The summed E-state index contributed by atoms with van der Waals surface area (Å²) in [6.07, 6.45) is 1.08. The van der Waals surface area contributed by atoms with Crippen molar-refractivity contribution < 1.29 is 19.1 Å². The molecule has 1 amide bonds. The molecule has 0 aromatic heterocycles. The number of benzene rings is 2. The van der Waals surface area contributed by atoms with E-state index in [-0.39, 0.29) is 12.5 Å². The molecule has 1 aliphatic rings. The number of amides is 1. The number of hydrogen-bond acceptors (Lipinski definition) is 6. The highest BCUT2D eigenvalue weighted by Gasteiger charge is 2.32. The first-order chi connectivity index (χ1) is 13.0. The SMILES string of the molecule is N#CN[C@@H](CC(N)=O)C(=O)C(=O)OCC1c2ccccc2-c2ccccc21. The van der Waals surface area contributed by atoms with Gasteiger partial charge in [-0.2, -0.15) is 5.26 Å². The molecule has 0 bridgehead atoms. The minimum atomic E-state index is -1.32. The number of carbonyl (C=O) groups is 3. The summed E-state index contributed by atoms with van der Waals surface area (Å²) in [4.78, 5) is 35.3. The predicted octanol–water partition coefficient (Wildman–Crippen LogP) is 1.23. The zero-order chi connectivity index (χ0) is 19.4. The smallest absolute Gasteiger partial charge is 0.376 e. The van der Waals surface area contributed by atoms with E-state index in [1.807, 2.05) is 48.5 Å². The average molecular weight is 363 g/mol. The predicted molar refractivity (Wildman–Crippen MR) is 96.0 cm³/mol. The van der Waals surface area contributed by atoms with Crippen LogP contribution in [0.4, 0.5) is 0 Å². The lowest BCUT2D eigenvalue weighted by atomic mass is 9.98. The third-order valence-corrected chi connectivity index (χ3v) is 4.51. The Hall–Kier alpha value is -3.66. The third kappa shape index (κ3) is 3.65. The molecule has 7 heteroatoms. The summed E-state index contributed by atoms with van der Waals surface area (Å²) in [6, 6.07) is 14.3. The Morgan fingerprint density at radius 1 is 1.07 bits per heavy atom. The first kappa shape index (κ1) is 18.1. The van der Waals surface area contributed by atoms with E-state index < -0.39 is 30.1 Å². The van der Waals surface area contributed by atoms with Gasteiger partial charge in [-0.1, -0.05) is 48.5 Å². The van der Waals surface area contributed by atoms with Gasteiger partial charge in [0.05, 0.1) is 6.42 Å². The molecule has 2 aromatic carbocycles. The zero-order valence-electron chi connectivity index (χ0n) is 14.3. The second kappa shape index (κ2) is 7.70. The fourth-order valence-electron chi connectivity index (χ4n) is 3.30. The number of rotatable bonds is 7. The van der Waals surface area contributed by atoms with Crippen molar-refractivity contribution in [3.63, 3.8) is 0 Å². The van der Waals surface area contributed by atoms with Crippen molar-refractivity contribution in [3.05, 3.63) is 59.7 Å². The monoisotopic (exact) mass is 363 g/mol. The Kier molecular flexibility index (Phi) is 5.18. The minimum Gasteiger partial charge on any atom is -0.459 e. The highest BCUT2D eigenvalue weighted by Crippen LogP contribution is 2.44. The number of fused-ring (bicyclic) bond motifs is 3. The van der Waals surface area contributed by atoms with Crippen LogP contribution in [0.1, 0.15) is 23.5 Å². The van der Waals surface area contributed by atoms with Gasteiger partial charge < -0.3 is 15.8 Å². The van der Waals surface area contributed by atoms with E-state index in [0.29, 0.717) is 0 Å². The molecular formula is C20H17N3O4. The van der Waals surface area contributed by atoms with Crippen LogP contribution in [0, 0.1) is 11.5 Å². The fourth-order valence-corrected chi connectivity index (χ4v) is 3.30. The molecule has 0 aliphatic heterocycles. The highest BCUT2D eigenvalue weighted by atomic mass is 16.5. The van der Waals surface area contributed by atoms with Crippen LogP contribution in [0.15, 0.2) is 48.5 Å². The molecule has 2 aromatic rings. The zero-order valence-corrected chi connectivity index (χ0v) is 14.3. The number of primary amides is 1. The van der Waals surface area contributed by atoms with Gasteiger partial charge in [-0.25, -0.2) is 4.79 Å². The van der Waals surface area contributed by atoms with Gasteiger partial charge in [0.15, 0.2) is 6.19 Å². The van der Waals surface area contributed by atoms with Gasteiger partial charge in [0, 0.05) is 5.92 Å². The number of nitrogens with zero attached hydrogens (tertiary/aromatic N) is 1. The molecule has 0 unspecified atom stereocenters. The Balaban J connectivity index is 1.75. The first-order valence-electron chi connectivity index (χ1n) is 8.35. The van der Waals surface area contributed by atoms with Crippen molar-refractivity contribution in [2.45, 2.75) is 18.4 Å². The lowest BCUT2D eigenvalue weighted by molar-refractivity contribution is -0.155. The maximum atomic E-state index is 12.2.